The molecule has 3 nitrogen and oxygen atoms in total. The van der Waals surface area contributed by atoms with Gasteiger partial charge in [0.15, 0.2) is 0 Å². The van der Waals surface area contributed by atoms with Gasteiger partial charge in [0, 0.05) is 12.6 Å². The minimum absolute atomic E-state index is 0.756. The van der Waals surface area contributed by atoms with Crippen molar-refractivity contribution >= 4 is 5.52 Å². The van der Waals surface area contributed by atoms with Crippen molar-refractivity contribution < 1.29 is 0 Å². The van der Waals surface area contributed by atoms with Gasteiger partial charge in [-0.15, -0.1) is 0 Å². The molecule has 0 amide bonds. The van der Waals surface area contributed by atoms with Crippen molar-refractivity contribution in [3.63, 3.8) is 0 Å². The maximum Gasteiger partial charge on any atom is 0.113 e. The number of fused-ring (bicyclic) bond motifs is 1. The number of nitrogens with zero attached hydrogens (tertiary/aromatic N) is 2. The van der Waals surface area contributed by atoms with Crippen LogP contribution in [0.5, 0.6) is 0 Å². The lowest BCUT2D eigenvalue weighted by Crippen LogP contribution is -2.12. The van der Waals surface area contributed by atoms with Crippen LogP contribution in [0.3, 0.4) is 0 Å². The molecule has 0 saturated carbocycles. The van der Waals surface area contributed by atoms with Gasteiger partial charge in [-0.2, -0.15) is 0 Å². The molecule has 0 aromatic carbocycles. The molecule has 1 unspecified atom stereocenters. The van der Waals surface area contributed by atoms with Gasteiger partial charge in [-0.05, 0) is 44.0 Å². The van der Waals surface area contributed by atoms with Gasteiger partial charge < -0.3 is 9.72 Å². The molecule has 0 bridgehead atoms. The molecule has 1 saturated heterocycles. The minimum Gasteiger partial charge on any atom is -0.316 e. The number of pyridine rings is 1. The zero-order chi connectivity index (χ0) is 11.0. The molecule has 1 aliphatic heterocycles. The molecule has 3 heteroatoms. The third-order valence-electron chi connectivity index (χ3n) is 3.49. The van der Waals surface area contributed by atoms with E-state index in [4.69, 9.17) is 0 Å². The Kier molecular flexibility index (Phi) is 2.40. The highest BCUT2D eigenvalue weighted by Crippen LogP contribution is 2.17. The van der Waals surface area contributed by atoms with E-state index in [1.807, 2.05) is 6.20 Å². The van der Waals surface area contributed by atoms with Crippen molar-refractivity contribution in [1.82, 2.24) is 14.7 Å². The van der Waals surface area contributed by atoms with Crippen LogP contribution < -0.4 is 5.32 Å². The van der Waals surface area contributed by atoms with E-state index in [9.17, 15) is 0 Å². The van der Waals surface area contributed by atoms with Gasteiger partial charge in [0.25, 0.3) is 0 Å². The van der Waals surface area contributed by atoms with E-state index >= 15 is 0 Å². The average Bonchev–Trinajstić information content (AvgIpc) is 2.90. The van der Waals surface area contributed by atoms with Crippen LogP contribution >= 0.6 is 0 Å². The lowest BCUT2D eigenvalue weighted by atomic mass is 10.0. The standard InChI is InChI=1S/C13H17N3/c1-10-3-2-6-16-12(10)9-15-13(16)7-11-4-5-14-8-11/h2-3,6,9,11,14H,4-5,7-8H2,1H3. The first kappa shape index (κ1) is 9.85. The summed E-state index contributed by atoms with van der Waals surface area (Å²) in [7, 11) is 0. The van der Waals surface area contributed by atoms with Crippen molar-refractivity contribution in [2.75, 3.05) is 13.1 Å². The predicted octanol–water partition coefficient (Wildman–Crippen LogP) is 1.79. The van der Waals surface area contributed by atoms with Gasteiger partial charge in [0.1, 0.15) is 5.82 Å². The predicted molar refractivity (Wildman–Crippen MR) is 64.6 cm³/mol. The molecule has 16 heavy (non-hydrogen) atoms. The van der Waals surface area contributed by atoms with Gasteiger partial charge in [-0.25, -0.2) is 4.98 Å². The third kappa shape index (κ3) is 1.61. The molecule has 1 N–H and O–H groups in total. The van der Waals surface area contributed by atoms with Crippen molar-refractivity contribution in [2.24, 2.45) is 5.92 Å². The van der Waals surface area contributed by atoms with Gasteiger partial charge in [0.05, 0.1) is 11.7 Å². The SMILES string of the molecule is Cc1cccn2c(CC3CCNC3)ncc12. The van der Waals surface area contributed by atoms with Gasteiger partial charge in [0.2, 0.25) is 0 Å². The first-order valence-electron chi connectivity index (χ1n) is 5.97. The van der Waals surface area contributed by atoms with E-state index in [1.165, 1.54) is 23.3 Å². The van der Waals surface area contributed by atoms with Crippen molar-refractivity contribution in [3.8, 4) is 0 Å². The minimum atomic E-state index is 0.756. The van der Waals surface area contributed by atoms with E-state index in [0.29, 0.717) is 0 Å². The third-order valence-corrected chi connectivity index (χ3v) is 3.49. The Hall–Kier alpha value is -1.35. The van der Waals surface area contributed by atoms with Crippen LogP contribution in [0.1, 0.15) is 17.8 Å². The fraction of sp³-hybridized carbons (Fsp3) is 0.462. The summed E-state index contributed by atoms with van der Waals surface area (Å²) in [4.78, 5) is 4.55. The molecule has 1 aliphatic rings. The van der Waals surface area contributed by atoms with Crippen LogP contribution in [0.4, 0.5) is 0 Å². The Labute approximate surface area is 95.5 Å². The molecule has 2 aromatic heterocycles. The average molecular weight is 215 g/mol. The molecule has 3 heterocycles. The Morgan fingerprint density at radius 2 is 2.50 bits per heavy atom. The number of rotatable bonds is 2. The highest BCUT2D eigenvalue weighted by Gasteiger charge is 2.17. The first-order chi connectivity index (χ1) is 7.84. The summed E-state index contributed by atoms with van der Waals surface area (Å²) in [5.74, 6) is 1.96. The summed E-state index contributed by atoms with van der Waals surface area (Å²) in [6, 6.07) is 4.23. The number of imidazole rings is 1. The zero-order valence-electron chi connectivity index (χ0n) is 9.61. The van der Waals surface area contributed by atoms with E-state index in [-0.39, 0.29) is 0 Å². The maximum absolute atomic E-state index is 4.55. The highest BCUT2D eigenvalue weighted by atomic mass is 15.0. The van der Waals surface area contributed by atoms with Crippen LogP contribution in [0, 0.1) is 12.8 Å². The number of hydrogen-bond donors (Lipinski definition) is 1. The maximum atomic E-state index is 4.55. The van der Waals surface area contributed by atoms with Crippen LogP contribution in [0.15, 0.2) is 24.5 Å². The van der Waals surface area contributed by atoms with Gasteiger partial charge >= 0.3 is 0 Å². The number of aryl methyl sites for hydroxylation is 1. The first-order valence-corrected chi connectivity index (χ1v) is 5.97. The Balaban J connectivity index is 1.94. The van der Waals surface area contributed by atoms with Crippen LogP contribution in [0.2, 0.25) is 0 Å². The molecule has 1 atom stereocenters. The normalized spacial score (nSPS) is 20.7. The summed E-state index contributed by atoms with van der Waals surface area (Å²) in [6.45, 7) is 4.44. The topological polar surface area (TPSA) is 29.3 Å². The fourth-order valence-corrected chi connectivity index (χ4v) is 2.51. The summed E-state index contributed by atoms with van der Waals surface area (Å²) in [6.07, 6.45) is 6.48. The van der Waals surface area contributed by atoms with E-state index < -0.39 is 0 Å². The molecule has 0 radical (unpaired) electrons. The molecule has 2 aromatic rings. The second-order valence-electron chi connectivity index (χ2n) is 4.68. The lowest BCUT2D eigenvalue weighted by molar-refractivity contribution is 0.560. The van der Waals surface area contributed by atoms with E-state index in [1.54, 1.807) is 0 Å². The molecule has 84 valence electrons. The summed E-state index contributed by atoms with van der Waals surface area (Å²) >= 11 is 0. The lowest BCUT2D eigenvalue weighted by Gasteiger charge is -2.07. The second-order valence-corrected chi connectivity index (χ2v) is 4.68. The molecular formula is C13H17N3. The Morgan fingerprint density at radius 1 is 1.56 bits per heavy atom. The van der Waals surface area contributed by atoms with Gasteiger partial charge in [-0.3, -0.25) is 0 Å². The summed E-state index contributed by atoms with van der Waals surface area (Å²) in [5.41, 5.74) is 2.54. The quantitative estimate of drug-likeness (QED) is 0.827. The zero-order valence-corrected chi connectivity index (χ0v) is 9.61. The number of nitrogens with one attached hydrogen (secondary N) is 1. The largest absolute Gasteiger partial charge is 0.316 e. The summed E-state index contributed by atoms with van der Waals surface area (Å²) in [5, 5.41) is 3.41. The molecule has 3 rings (SSSR count). The molecule has 1 fully saturated rings. The molecular weight excluding hydrogens is 198 g/mol. The fourth-order valence-electron chi connectivity index (χ4n) is 2.51. The van der Waals surface area contributed by atoms with E-state index in [2.05, 4.69) is 40.0 Å². The van der Waals surface area contributed by atoms with Crippen LogP contribution in [-0.4, -0.2) is 22.5 Å². The monoisotopic (exact) mass is 215 g/mol. The smallest absolute Gasteiger partial charge is 0.113 e. The van der Waals surface area contributed by atoms with E-state index in [0.717, 1.165) is 25.4 Å². The second kappa shape index (κ2) is 3.91. The van der Waals surface area contributed by atoms with Crippen molar-refractivity contribution in [1.29, 1.82) is 0 Å². The highest BCUT2D eigenvalue weighted by molar-refractivity contribution is 5.53. The Morgan fingerprint density at radius 3 is 3.31 bits per heavy atom. The van der Waals surface area contributed by atoms with Gasteiger partial charge in [-0.1, -0.05) is 6.07 Å². The van der Waals surface area contributed by atoms with Crippen molar-refractivity contribution in [3.05, 3.63) is 35.9 Å². The summed E-state index contributed by atoms with van der Waals surface area (Å²) < 4.78 is 2.23. The van der Waals surface area contributed by atoms with Crippen molar-refractivity contribution in [2.45, 2.75) is 19.8 Å². The number of aromatic nitrogens is 2. The number of hydrogen-bond acceptors (Lipinski definition) is 2. The molecule has 0 aliphatic carbocycles. The van der Waals surface area contributed by atoms with Crippen LogP contribution in [-0.2, 0) is 6.42 Å². The molecule has 0 spiro atoms. The Bertz CT molecular complexity index is 495. The van der Waals surface area contributed by atoms with Crippen LogP contribution in [0.25, 0.3) is 5.52 Å².